The van der Waals surface area contributed by atoms with E-state index in [0.29, 0.717) is 6.54 Å². The number of amides is 1. The normalized spacial score (nSPS) is 16.7. The quantitative estimate of drug-likeness (QED) is 0.913. The molecule has 0 aromatic heterocycles. The lowest BCUT2D eigenvalue weighted by molar-refractivity contribution is -0.117. The molecule has 2 rings (SSSR count). The fourth-order valence-electron chi connectivity index (χ4n) is 2.88. The standard InChI is InChI=1S/C17H26N2O/c1-3-15-10-8-9-14(2)17(15)18-16(20)13-19-11-6-4-5-7-12-19/h8-10H,3-7,11-13H2,1-2H3,(H,18,20). The third-order valence-corrected chi connectivity index (χ3v) is 4.07. The van der Waals surface area contributed by atoms with Gasteiger partial charge in [-0.05, 0) is 50.4 Å². The molecule has 20 heavy (non-hydrogen) atoms. The van der Waals surface area contributed by atoms with Crippen LogP contribution in [0.15, 0.2) is 18.2 Å². The van der Waals surface area contributed by atoms with E-state index in [-0.39, 0.29) is 5.91 Å². The molecule has 0 spiro atoms. The van der Waals surface area contributed by atoms with E-state index >= 15 is 0 Å². The predicted molar refractivity (Wildman–Crippen MR) is 84.1 cm³/mol. The second kappa shape index (κ2) is 7.44. The second-order valence-electron chi connectivity index (χ2n) is 5.70. The molecule has 1 saturated heterocycles. The lowest BCUT2D eigenvalue weighted by atomic mass is 10.1. The summed E-state index contributed by atoms with van der Waals surface area (Å²) in [5, 5.41) is 3.12. The van der Waals surface area contributed by atoms with Gasteiger partial charge in [0.1, 0.15) is 0 Å². The molecule has 1 fully saturated rings. The average Bonchev–Trinajstić information content (AvgIpc) is 2.69. The van der Waals surface area contributed by atoms with E-state index in [2.05, 4.69) is 42.3 Å². The Hall–Kier alpha value is -1.35. The Morgan fingerprint density at radius 2 is 1.90 bits per heavy atom. The van der Waals surface area contributed by atoms with Gasteiger partial charge in [0, 0.05) is 5.69 Å². The highest BCUT2D eigenvalue weighted by molar-refractivity contribution is 5.93. The average molecular weight is 274 g/mol. The fraction of sp³-hybridized carbons (Fsp3) is 0.588. The van der Waals surface area contributed by atoms with Crippen molar-refractivity contribution < 1.29 is 4.79 Å². The van der Waals surface area contributed by atoms with Crippen molar-refractivity contribution in [2.24, 2.45) is 0 Å². The van der Waals surface area contributed by atoms with E-state index in [1.165, 1.54) is 31.2 Å². The number of nitrogens with one attached hydrogen (secondary N) is 1. The van der Waals surface area contributed by atoms with E-state index in [1.54, 1.807) is 0 Å². The van der Waals surface area contributed by atoms with Crippen LogP contribution in [0, 0.1) is 6.92 Å². The number of hydrogen-bond donors (Lipinski definition) is 1. The molecule has 0 bridgehead atoms. The summed E-state index contributed by atoms with van der Waals surface area (Å²) in [5.41, 5.74) is 3.37. The van der Waals surface area contributed by atoms with Crippen LogP contribution in [0.4, 0.5) is 5.69 Å². The summed E-state index contributed by atoms with van der Waals surface area (Å²) in [5.74, 6) is 0.121. The molecular weight excluding hydrogens is 248 g/mol. The number of carbonyl (C=O) groups excluding carboxylic acids is 1. The number of carbonyl (C=O) groups is 1. The maximum atomic E-state index is 12.3. The van der Waals surface area contributed by atoms with Crippen LogP contribution in [0.25, 0.3) is 0 Å². The van der Waals surface area contributed by atoms with Crippen LogP contribution in [0.3, 0.4) is 0 Å². The molecule has 1 amide bonds. The molecule has 1 aromatic carbocycles. The van der Waals surface area contributed by atoms with Crippen LogP contribution in [0.5, 0.6) is 0 Å². The Morgan fingerprint density at radius 1 is 1.20 bits per heavy atom. The first-order valence-electron chi connectivity index (χ1n) is 7.81. The van der Waals surface area contributed by atoms with E-state index in [1.807, 2.05) is 0 Å². The first-order valence-corrected chi connectivity index (χ1v) is 7.81. The van der Waals surface area contributed by atoms with Gasteiger partial charge in [0.15, 0.2) is 0 Å². The zero-order chi connectivity index (χ0) is 14.4. The van der Waals surface area contributed by atoms with Gasteiger partial charge in [0.05, 0.1) is 6.54 Å². The van der Waals surface area contributed by atoms with Gasteiger partial charge >= 0.3 is 0 Å². The van der Waals surface area contributed by atoms with Crippen LogP contribution >= 0.6 is 0 Å². The number of likely N-dealkylation sites (tertiary alicyclic amines) is 1. The van der Waals surface area contributed by atoms with Crippen LogP contribution < -0.4 is 5.32 Å². The molecular formula is C17H26N2O. The number of nitrogens with zero attached hydrogens (tertiary/aromatic N) is 1. The number of rotatable bonds is 4. The van der Waals surface area contributed by atoms with Crippen molar-refractivity contribution in [3.63, 3.8) is 0 Å². The first-order chi connectivity index (χ1) is 9.70. The summed E-state index contributed by atoms with van der Waals surface area (Å²) >= 11 is 0. The monoisotopic (exact) mass is 274 g/mol. The molecule has 110 valence electrons. The zero-order valence-corrected chi connectivity index (χ0v) is 12.7. The van der Waals surface area contributed by atoms with Gasteiger partial charge < -0.3 is 5.32 Å². The van der Waals surface area contributed by atoms with Crippen molar-refractivity contribution in [3.05, 3.63) is 29.3 Å². The molecule has 0 unspecified atom stereocenters. The van der Waals surface area contributed by atoms with Gasteiger partial charge in [-0.1, -0.05) is 38.0 Å². The molecule has 0 saturated carbocycles. The van der Waals surface area contributed by atoms with Crippen molar-refractivity contribution >= 4 is 11.6 Å². The summed E-state index contributed by atoms with van der Waals surface area (Å²) in [6, 6.07) is 6.20. The Bertz CT molecular complexity index is 448. The topological polar surface area (TPSA) is 32.3 Å². The smallest absolute Gasteiger partial charge is 0.238 e. The summed E-state index contributed by atoms with van der Waals surface area (Å²) in [4.78, 5) is 14.5. The number of benzene rings is 1. The molecule has 1 aromatic rings. The molecule has 1 heterocycles. The number of hydrogen-bond acceptors (Lipinski definition) is 2. The van der Waals surface area contributed by atoms with Gasteiger partial charge in [-0.2, -0.15) is 0 Å². The minimum atomic E-state index is 0.121. The van der Waals surface area contributed by atoms with Crippen LogP contribution in [-0.4, -0.2) is 30.4 Å². The third kappa shape index (κ3) is 4.07. The minimum absolute atomic E-state index is 0.121. The second-order valence-corrected chi connectivity index (χ2v) is 5.70. The van der Waals surface area contributed by atoms with Crippen LogP contribution in [0.1, 0.15) is 43.7 Å². The highest BCUT2D eigenvalue weighted by Crippen LogP contribution is 2.21. The van der Waals surface area contributed by atoms with E-state index in [4.69, 9.17) is 0 Å². The van der Waals surface area contributed by atoms with Gasteiger partial charge in [-0.3, -0.25) is 9.69 Å². The lowest BCUT2D eigenvalue weighted by Crippen LogP contribution is -2.34. The van der Waals surface area contributed by atoms with Gasteiger partial charge in [-0.25, -0.2) is 0 Å². The molecule has 3 nitrogen and oxygen atoms in total. The summed E-state index contributed by atoms with van der Waals surface area (Å²) in [6.07, 6.45) is 5.99. The Labute approximate surface area is 122 Å². The Balaban J connectivity index is 1.97. The third-order valence-electron chi connectivity index (χ3n) is 4.07. The number of para-hydroxylation sites is 1. The van der Waals surface area contributed by atoms with Crippen molar-refractivity contribution in [2.75, 3.05) is 25.0 Å². The molecule has 1 aliphatic heterocycles. The van der Waals surface area contributed by atoms with Crippen molar-refractivity contribution in [1.82, 2.24) is 4.90 Å². The maximum Gasteiger partial charge on any atom is 0.238 e. The van der Waals surface area contributed by atoms with Gasteiger partial charge in [0.2, 0.25) is 5.91 Å². The van der Waals surface area contributed by atoms with Gasteiger partial charge in [-0.15, -0.1) is 0 Å². The van der Waals surface area contributed by atoms with Gasteiger partial charge in [0.25, 0.3) is 0 Å². The number of anilines is 1. The molecule has 0 aliphatic carbocycles. The predicted octanol–water partition coefficient (Wildman–Crippen LogP) is 3.37. The van der Waals surface area contributed by atoms with E-state index in [0.717, 1.165) is 30.8 Å². The zero-order valence-electron chi connectivity index (χ0n) is 12.7. The Morgan fingerprint density at radius 3 is 2.55 bits per heavy atom. The maximum absolute atomic E-state index is 12.3. The van der Waals surface area contributed by atoms with Crippen LogP contribution in [-0.2, 0) is 11.2 Å². The largest absolute Gasteiger partial charge is 0.324 e. The Kier molecular flexibility index (Phi) is 5.60. The summed E-state index contributed by atoms with van der Waals surface area (Å²) < 4.78 is 0. The van der Waals surface area contributed by atoms with Crippen LogP contribution in [0.2, 0.25) is 0 Å². The molecule has 3 heteroatoms. The van der Waals surface area contributed by atoms with Crippen molar-refractivity contribution in [3.8, 4) is 0 Å². The first kappa shape index (κ1) is 15.0. The van der Waals surface area contributed by atoms with E-state index < -0.39 is 0 Å². The van der Waals surface area contributed by atoms with E-state index in [9.17, 15) is 4.79 Å². The van der Waals surface area contributed by atoms with Crippen molar-refractivity contribution in [2.45, 2.75) is 46.0 Å². The highest BCUT2D eigenvalue weighted by atomic mass is 16.2. The molecule has 0 radical (unpaired) electrons. The lowest BCUT2D eigenvalue weighted by Gasteiger charge is -2.20. The summed E-state index contributed by atoms with van der Waals surface area (Å²) in [6.45, 7) is 6.82. The molecule has 1 aliphatic rings. The minimum Gasteiger partial charge on any atom is -0.324 e. The summed E-state index contributed by atoms with van der Waals surface area (Å²) in [7, 11) is 0. The molecule has 0 atom stereocenters. The molecule has 1 N–H and O–H groups in total. The van der Waals surface area contributed by atoms with Crippen molar-refractivity contribution in [1.29, 1.82) is 0 Å². The fourth-order valence-corrected chi connectivity index (χ4v) is 2.88. The number of aryl methyl sites for hydroxylation is 2. The SMILES string of the molecule is CCc1cccc(C)c1NC(=O)CN1CCCCCC1. The highest BCUT2D eigenvalue weighted by Gasteiger charge is 2.14.